The van der Waals surface area contributed by atoms with Crippen molar-refractivity contribution in [2.75, 3.05) is 13.2 Å². The molecule has 0 aliphatic carbocycles. The van der Waals surface area contributed by atoms with Gasteiger partial charge in [0.15, 0.2) is 6.10 Å². The lowest BCUT2D eigenvalue weighted by Crippen LogP contribution is -2.26. The van der Waals surface area contributed by atoms with Gasteiger partial charge in [0, 0.05) is 29.1 Å². The van der Waals surface area contributed by atoms with Gasteiger partial charge in [0.05, 0.1) is 28.5 Å². The molecule has 1 N–H and O–H groups in total. The summed E-state index contributed by atoms with van der Waals surface area (Å²) in [5, 5.41) is 19.4. The summed E-state index contributed by atoms with van der Waals surface area (Å²) >= 11 is 11.8. The third kappa shape index (κ3) is 5.99. The normalized spacial score (nSPS) is 15.7. The van der Waals surface area contributed by atoms with E-state index in [0.717, 1.165) is 5.56 Å². The summed E-state index contributed by atoms with van der Waals surface area (Å²) < 4.78 is 5.34. The Morgan fingerprint density at radius 1 is 1.33 bits per heavy atom. The first kappa shape index (κ1) is 21.7. The molecule has 1 aliphatic heterocycles. The predicted octanol–water partition coefficient (Wildman–Crippen LogP) is 3.56. The third-order valence-corrected chi connectivity index (χ3v) is 4.60. The van der Waals surface area contributed by atoms with E-state index in [1.165, 1.54) is 18.3 Å². The smallest absolute Gasteiger partial charge is 0.269 e. The van der Waals surface area contributed by atoms with Crippen LogP contribution in [0.3, 0.4) is 0 Å². The van der Waals surface area contributed by atoms with Crippen molar-refractivity contribution in [2.45, 2.75) is 12.5 Å². The zero-order valence-electron chi connectivity index (χ0n) is 15.5. The number of hydrogen-bond donors (Lipinski definition) is 1. The van der Waals surface area contributed by atoms with E-state index in [1.807, 2.05) is 0 Å². The number of carbonyl (C=O) groups excluding carboxylic acids is 1. The molecule has 9 nitrogen and oxygen atoms in total. The fraction of sp³-hybridized carbons (Fsp3) is 0.211. The highest BCUT2D eigenvalue weighted by molar-refractivity contribution is 6.36. The van der Waals surface area contributed by atoms with Gasteiger partial charge >= 0.3 is 0 Å². The second kappa shape index (κ2) is 10.1. The molecule has 1 atom stereocenters. The van der Waals surface area contributed by atoms with E-state index in [1.54, 1.807) is 30.3 Å². The molecule has 1 aliphatic rings. The maximum Gasteiger partial charge on any atom is 0.269 e. The number of ether oxygens (including phenoxy) is 1. The lowest BCUT2D eigenvalue weighted by molar-refractivity contribution is -0.384. The summed E-state index contributed by atoms with van der Waals surface area (Å²) in [6.45, 7) is -0.0570. The van der Waals surface area contributed by atoms with Crippen molar-refractivity contribution in [3.63, 3.8) is 0 Å². The molecule has 0 spiro atoms. The maximum atomic E-state index is 11.8. The third-order valence-electron chi connectivity index (χ3n) is 4.04. The molecule has 11 heteroatoms. The van der Waals surface area contributed by atoms with E-state index in [2.05, 4.69) is 15.7 Å². The van der Waals surface area contributed by atoms with Crippen LogP contribution in [0.25, 0.3) is 0 Å². The van der Waals surface area contributed by atoms with Crippen LogP contribution in [0.5, 0.6) is 0 Å². The Hall–Kier alpha value is -3.01. The summed E-state index contributed by atoms with van der Waals surface area (Å²) in [4.78, 5) is 27.3. The summed E-state index contributed by atoms with van der Waals surface area (Å²) in [5.41, 5.74) is 4.34. The second-order valence-electron chi connectivity index (χ2n) is 6.25. The molecule has 0 fully saturated rings. The number of amides is 1. The Kier molecular flexibility index (Phi) is 7.34. The zero-order chi connectivity index (χ0) is 21.5. The molecule has 0 radical (unpaired) electrons. The number of nitro benzene ring substituents is 1. The quantitative estimate of drug-likeness (QED) is 0.374. The Morgan fingerprint density at radius 3 is 2.80 bits per heavy atom. The number of halogens is 2. The Balaban J connectivity index is 1.38. The predicted molar refractivity (Wildman–Crippen MR) is 112 cm³/mol. The number of nitro groups is 1. The number of hydrogen-bond acceptors (Lipinski definition) is 7. The van der Waals surface area contributed by atoms with Crippen molar-refractivity contribution in [3.8, 4) is 0 Å². The second-order valence-corrected chi connectivity index (χ2v) is 7.09. The summed E-state index contributed by atoms with van der Waals surface area (Å²) in [5.74, 6) is -0.439. The van der Waals surface area contributed by atoms with Crippen LogP contribution in [0.1, 0.15) is 17.5 Å². The van der Waals surface area contributed by atoms with Gasteiger partial charge in [-0.05, 0) is 29.8 Å². The minimum Gasteiger partial charge on any atom is -0.389 e. The monoisotopic (exact) mass is 450 g/mol. The molecule has 156 valence electrons. The minimum atomic E-state index is -0.466. The van der Waals surface area contributed by atoms with Gasteiger partial charge < -0.3 is 9.57 Å². The van der Waals surface area contributed by atoms with Crippen LogP contribution < -0.4 is 5.43 Å². The van der Waals surface area contributed by atoms with Crippen LogP contribution in [0.15, 0.2) is 52.7 Å². The van der Waals surface area contributed by atoms with Gasteiger partial charge in [-0.2, -0.15) is 5.10 Å². The molecule has 30 heavy (non-hydrogen) atoms. The lowest BCUT2D eigenvalue weighted by Gasteiger charge is -2.08. The molecule has 3 rings (SSSR count). The van der Waals surface area contributed by atoms with E-state index in [4.69, 9.17) is 32.8 Å². The SMILES string of the molecule is O=C(COCC1CC(c2ccc([N+](=O)[O-])cc2)=NO1)N/N=C/c1ccc(Cl)cc1Cl. The van der Waals surface area contributed by atoms with E-state index < -0.39 is 10.8 Å². The molecule has 1 heterocycles. The van der Waals surface area contributed by atoms with Gasteiger partial charge in [-0.25, -0.2) is 5.43 Å². The first-order valence-electron chi connectivity index (χ1n) is 8.74. The summed E-state index contributed by atoms with van der Waals surface area (Å²) in [7, 11) is 0. The van der Waals surface area contributed by atoms with Crippen molar-refractivity contribution in [1.82, 2.24) is 5.43 Å². The molecule has 2 aromatic carbocycles. The van der Waals surface area contributed by atoms with Crippen molar-refractivity contribution in [2.24, 2.45) is 10.3 Å². The number of oxime groups is 1. The molecule has 0 bridgehead atoms. The number of nitrogens with zero attached hydrogens (tertiary/aromatic N) is 3. The maximum absolute atomic E-state index is 11.8. The number of benzene rings is 2. The Labute approximate surface area is 181 Å². The first-order valence-corrected chi connectivity index (χ1v) is 9.50. The van der Waals surface area contributed by atoms with Gasteiger partial charge in [-0.3, -0.25) is 14.9 Å². The fourth-order valence-electron chi connectivity index (χ4n) is 2.56. The first-order chi connectivity index (χ1) is 14.4. The number of hydrazone groups is 1. The average molecular weight is 451 g/mol. The van der Waals surface area contributed by atoms with Crippen LogP contribution in [-0.2, 0) is 14.4 Å². The van der Waals surface area contributed by atoms with Gasteiger partial charge in [-0.15, -0.1) is 0 Å². The molecule has 0 saturated carbocycles. The molecule has 0 saturated heterocycles. The van der Waals surface area contributed by atoms with Crippen LogP contribution >= 0.6 is 23.2 Å². The number of non-ortho nitro benzene ring substituents is 1. The molecule has 2 aromatic rings. The van der Waals surface area contributed by atoms with Crippen molar-refractivity contribution < 1.29 is 19.3 Å². The highest BCUT2D eigenvalue weighted by Gasteiger charge is 2.23. The Bertz CT molecular complexity index is 995. The van der Waals surface area contributed by atoms with E-state index in [9.17, 15) is 14.9 Å². The molecule has 1 unspecified atom stereocenters. The number of carbonyl (C=O) groups is 1. The Morgan fingerprint density at radius 2 is 2.10 bits per heavy atom. The van der Waals surface area contributed by atoms with Crippen molar-refractivity contribution >= 4 is 46.7 Å². The van der Waals surface area contributed by atoms with E-state index >= 15 is 0 Å². The lowest BCUT2D eigenvalue weighted by atomic mass is 10.1. The molecular weight excluding hydrogens is 435 g/mol. The van der Waals surface area contributed by atoms with E-state index in [-0.39, 0.29) is 25.0 Å². The number of nitrogens with one attached hydrogen (secondary N) is 1. The van der Waals surface area contributed by atoms with Crippen molar-refractivity contribution in [3.05, 3.63) is 73.8 Å². The fourth-order valence-corrected chi connectivity index (χ4v) is 3.02. The van der Waals surface area contributed by atoms with Crippen molar-refractivity contribution in [1.29, 1.82) is 0 Å². The van der Waals surface area contributed by atoms with Gasteiger partial charge in [0.1, 0.15) is 6.61 Å². The van der Waals surface area contributed by atoms with Crippen LogP contribution in [-0.4, -0.2) is 42.1 Å². The molecular formula is C19H16Cl2N4O5. The van der Waals surface area contributed by atoms with Gasteiger partial charge in [0.2, 0.25) is 0 Å². The summed E-state index contributed by atoms with van der Waals surface area (Å²) in [6, 6.07) is 11.0. The van der Waals surface area contributed by atoms with Crippen LogP contribution in [0, 0.1) is 10.1 Å². The van der Waals surface area contributed by atoms with E-state index in [0.29, 0.717) is 27.7 Å². The standard InChI is InChI=1S/C19H16Cl2N4O5/c20-14-4-1-13(17(21)7-14)9-22-23-19(26)11-29-10-16-8-18(24-30-16)12-2-5-15(6-3-12)25(27)28/h1-7,9,16H,8,10-11H2,(H,23,26)/b22-9+. The van der Waals surface area contributed by atoms with Crippen LogP contribution in [0.4, 0.5) is 5.69 Å². The summed E-state index contributed by atoms with van der Waals surface area (Å²) in [6.07, 6.45) is 1.52. The van der Waals surface area contributed by atoms with Crippen LogP contribution in [0.2, 0.25) is 10.0 Å². The average Bonchev–Trinajstić information content (AvgIpc) is 3.18. The van der Waals surface area contributed by atoms with Gasteiger partial charge in [-0.1, -0.05) is 34.4 Å². The minimum absolute atomic E-state index is 0.00477. The number of rotatable bonds is 8. The molecule has 1 amide bonds. The largest absolute Gasteiger partial charge is 0.389 e. The topological polar surface area (TPSA) is 115 Å². The highest BCUT2D eigenvalue weighted by Crippen LogP contribution is 2.20. The van der Waals surface area contributed by atoms with Gasteiger partial charge in [0.25, 0.3) is 11.6 Å². The molecule has 0 aromatic heterocycles. The zero-order valence-corrected chi connectivity index (χ0v) is 17.0. The highest BCUT2D eigenvalue weighted by atomic mass is 35.5.